The van der Waals surface area contributed by atoms with Crippen LogP contribution in [0.1, 0.15) is 5.56 Å². The third-order valence-electron chi connectivity index (χ3n) is 3.21. The predicted octanol–water partition coefficient (Wildman–Crippen LogP) is 3.81. The Bertz CT molecular complexity index is 1010. The summed E-state index contributed by atoms with van der Waals surface area (Å²) in [6.07, 6.45) is 0. The Morgan fingerprint density at radius 2 is 2.16 bits per heavy atom. The molecular weight excluding hydrogens is 360 g/mol. The second kappa shape index (κ2) is 7.29. The number of nitro groups is 1. The molecule has 1 aromatic heterocycles. The van der Waals surface area contributed by atoms with E-state index in [9.17, 15) is 14.9 Å². The Morgan fingerprint density at radius 1 is 1.36 bits per heavy atom. The van der Waals surface area contributed by atoms with E-state index in [0.717, 1.165) is 0 Å². The summed E-state index contributed by atoms with van der Waals surface area (Å²) in [4.78, 5) is 26.8. The van der Waals surface area contributed by atoms with Crippen LogP contribution < -0.4 is 5.32 Å². The Labute approximate surface area is 150 Å². The molecule has 0 fully saturated rings. The van der Waals surface area contributed by atoms with Crippen LogP contribution in [0.3, 0.4) is 0 Å². The van der Waals surface area contributed by atoms with Crippen LogP contribution in [0.25, 0.3) is 10.2 Å². The summed E-state index contributed by atoms with van der Waals surface area (Å²) >= 11 is 2.54. The summed E-state index contributed by atoms with van der Waals surface area (Å²) in [6.45, 7) is 0. The van der Waals surface area contributed by atoms with E-state index < -0.39 is 4.92 Å². The first-order chi connectivity index (χ1) is 12.1. The van der Waals surface area contributed by atoms with Gasteiger partial charge in [-0.2, -0.15) is 5.26 Å². The lowest BCUT2D eigenvalue weighted by Gasteiger charge is -2.05. The second-order valence-corrected chi connectivity index (χ2v) is 7.14. The van der Waals surface area contributed by atoms with Crippen molar-refractivity contribution in [1.82, 2.24) is 4.98 Å². The van der Waals surface area contributed by atoms with Gasteiger partial charge in [0, 0.05) is 12.1 Å². The van der Waals surface area contributed by atoms with Crippen LogP contribution >= 0.6 is 23.1 Å². The summed E-state index contributed by atoms with van der Waals surface area (Å²) in [6, 6.07) is 13.3. The van der Waals surface area contributed by atoms with Crippen LogP contribution in [0.5, 0.6) is 0 Å². The summed E-state index contributed by atoms with van der Waals surface area (Å²) in [5, 5.41) is 22.5. The smallest absolute Gasteiger partial charge is 0.270 e. The van der Waals surface area contributed by atoms with Crippen molar-refractivity contribution in [1.29, 1.82) is 5.26 Å². The number of aromatic nitrogens is 1. The van der Waals surface area contributed by atoms with Gasteiger partial charge in [0.05, 0.1) is 32.1 Å². The van der Waals surface area contributed by atoms with Crippen molar-refractivity contribution in [3.63, 3.8) is 0 Å². The van der Waals surface area contributed by atoms with Gasteiger partial charge in [0.2, 0.25) is 5.91 Å². The van der Waals surface area contributed by atoms with E-state index in [-0.39, 0.29) is 17.3 Å². The maximum Gasteiger partial charge on any atom is 0.270 e. The lowest BCUT2D eigenvalue weighted by molar-refractivity contribution is -0.384. The quantitative estimate of drug-likeness (QED) is 0.415. The van der Waals surface area contributed by atoms with Gasteiger partial charge in [0.15, 0.2) is 4.34 Å². The number of amides is 1. The average Bonchev–Trinajstić information content (AvgIpc) is 3.02. The SMILES string of the molecule is N#Cc1ccccc1NC(=O)CSc1nc2ccc([N+](=O)[O-])cc2s1. The van der Waals surface area contributed by atoms with Crippen molar-refractivity contribution >= 4 is 50.6 Å². The van der Waals surface area contributed by atoms with Gasteiger partial charge < -0.3 is 5.32 Å². The molecule has 25 heavy (non-hydrogen) atoms. The van der Waals surface area contributed by atoms with Crippen molar-refractivity contribution in [3.8, 4) is 6.07 Å². The minimum Gasteiger partial charge on any atom is -0.324 e. The zero-order valence-corrected chi connectivity index (χ0v) is 14.3. The largest absolute Gasteiger partial charge is 0.324 e. The number of nitrogens with one attached hydrogen (secondary N) is 1. The number of fused-ring (bicyclic) bond motifs is 1. The van der Waals surface area contributed by atoms with Crippen molar-refractivity contribution < 1.29 is 9.72 Å². The van der Waals surface area contributed by atoms with E-state index in [1.807, 2.05) is 6.07 Å². The molecular formula is C16H10N4O3S2. The number of rotatable bonds is 5. The lowest BCUT2D eigenvalue weighted by atomic mass is 10.2. The molecule has 0 saturated carbocycles. The Hall–Kier alpha value is -2.96. The molecule has 9 heteroatoms. The second-order valence-electron chi connectivity index (χ2n) is 4.88. The maximum absolute atomic E-state index is 12.1. The number of nitrogens with zero attached hydrogens (tertiary/aromatic N) is 3. The highest BCUT2D eigenvalue weighted by atomic mass is 32.2. The first kappa shape index (κ1) is 16.9. The number of thiazole rings is 1. The molecule has 3 rings (SSSR count). The van der Waals surface area contributed by atoms with Gasteiger partial charge >= 0.3 is 0 Å². The average molecular weight is 370 g/mol. The number of non-ortho nitro benzene ring substituents is 1. The standard InChI is InChI=1S/C16H10N4O3S2/c17-8-10-3-1-2-4-12(10)18-15(21)9-24-16-19-13-6-5-11(20(22)23)7-14(13)25-16/h1-7H,9H2,(H,18,21). The Kier molecular flexibility index (Phi) is 4.92. The van der Waals surface area contributed by atoms with Gasteiger partial charge in [-0.3, -0.25) is 14.9 Å². The molecule has 2 aromatic carbocycles. The summed E-state index contributed by atoms with van der Waals surface area (Å²) in [7, 11) is 0. The molecule has 7 nitrogen and oxygen atoms in total. The number of carbonyl (C=O) groups excluding carboxylic acids is 1. The molecule has 0 aliphatic carbocycles. The van der Waals surface area contributed by atoms with Crippen molar-refractivity contribution in [2.75, 3.05) is 11.1 Å². The van der Waals surface area contributed by atoms with Crippen LogP contribution in [-0.2, 0) is 4.79 Å². The Morgan fingerprint density at radius 3 is 2.92 bits per heavy atom. The van der Waals surface area contributed by atoms with E-state index in [0.29, 0.717) is 25.8 Å². The van der Waals surface area contributed by atoms with Gasteiger partial charge in [-0.25, -0.2) is 4.98 Å². The van der Waals surface area contributed by atoms with Crippen LogP contribution in [0.4, 0.5) is 11.4 Å². The molecule has 1 N–H and O–H groups in total. The molecule has 0 radical (unpaired) electrons. The maximum atomic E-state index is 12.1. The third-order valence-corrected chi connectivity index (χ3v) is 5.37. The molecule has 0 bridgehead atoms. The summed E-state index contributed by atoms with van der Waals surface area (Å²) in [5.41, 5.74) is 1.54. The molecule has 1 amide bonds. The molecule has 3 aromatic rings. The fraction of sp³-hybridized carbons (Fsp3) is 0.0625. The topological polar surface area (TPSA) is 109 Å². The molecule has 124 valence electrons. The fourth-order valence-corrected chi connectivity index (χ4v) is 3.97. The number of thioether (sulfide) groups is 1. The van der Waals surface area contributed by atoms with Crippen molar-refractivity contribution in [3.05, 3.63) is 58.1 Å². The summed E-state index contributed by atoms with van der Waals surface area (Å²) in [5.74, 6) is -0.125. The summed E-state index contributed by atoms with van der Waals surface area (Å²) < 4.78 is 1.35. The van der Waals surface area contributed by atoms with Gasteiger partial charge in [-0.05, 0) is 18.2 Å². The number of nitriles is 1. The first-order valence-corrected chi connectivity index (χ1v) is 8.84. The molecule has 0 unspecified atom stereocenters. The van der Waals surface area contributed by atoms with Gasteiger partial charge in [-0.15, -0.1) is 11.3 Å². The van der Waals surface area contributed by atoms with Crippen LogP contribution in [0.2, 0.25) is 0 Å². The number of carbonyl (C=O) groups is 1. The van der Waals surface area contributed by atoms with Crippen LogP contribution in [0, 0.1) is 21.4 Å². The van der Waals surface area contributed by atoms with Gasteiger partial charge in [-0.1, -0.05) is 23.9 Å². The third kappa shape index (κ3) is 3.93. The zero-order valence-electron chi connectivity index (χ0n) is 12.6. The highest BCUT2D eigenvalue weighted by Gasteiger charge is 2.12. The molecule has 0 aliphatic heterocycles. The first-order valence-electron chi connectivity index (χ1n) is 7.03. The van der Waals surface area contributed by atoms with E-state index in [1.54, 1.807) is 30.3 Å². The monoisotopic (exact) mass is 370 g/mol. The van der Waals surface area contributed by atoms with Crippen LogP contribution in [-0.4, -0.2) is 21.6 Å². The number of benzene rings is 2. The minimum atomic E-state index is -0.452. The van der Waals surface area contributed by atoms with Crippen molar-refractivity contribution in [2.45, 2.75) is 4.34 Å². The fourth-order valence-electron chi connectivity index (χ4n) is 2.07. The van der Waals surface area contributed by atoms with E-state index in [2.05, 4.69) is 10.3 Å². The van der Waals surface area contributed by atoms with Crippen LogP contribution in [0.15, 0.2) is 46.8 Å². The molecule has 0 atom stereocenters. The minimum absolute atomic E-state index is 0.0125. The molecule has 1 heterocycles. The number of hydrogen-bond donors (Lipinski definition) is 1. The number of nitro benzene ring substituents is 1. The molecule has 0 saturated heterocycles. The molecule has 0 spiro atoms. The Balaban J connectivity index is 1.67. The molecule has 0 aliphatic rings. The van der Waals surface area contributed by atoms with E-state index in [4.69, 9.17) is 5.26 Å². The normalized spacial score (nSPS) is 10.4. The van der Waals surface area contributed by atoms with E-state index in [1.165, 1.54) is 35.2 Å². The number of hydrogen-bond acceptors (Lipinski definition) is 7. The predicted molar refractivity (Wildman–Crippen MR) is 96.8 cm³/mol. The zero-order chi connectivity index (χ0) is 17.8. The number of anilines is 1. The highest BCUT2D eigenvalue weighted by molar-refractivity contribution is 8.01. The highest BCUT2D eigenvalue weighted by Crippen LogP contribution is 2.31. The van der Waals surface area contributed by atoms with Crippen molar-refractivity contribution in [2.24, 2.45) is 0 Å². The lowest BCUT2D eigenvalue weighted by Crippen LogP contribution is -2.14. The van der Waals surface area contributed by atoms with Gasteiger partial charge in [0.25, 0.3) is 5.69 Å². The van der Waals surface area contributed by atoms with E-state index >= 15 is 0 Å². The number of para-hydroxylation sites is 1. The van der Waals surface area contributed by atoms with Gasteiger partial charge in [0.1, 0.15) is 6.07 Å².